The molecule has 0 spiro atoms. The van der Waals surface area contributed by atoms with Crippen LogP contribution in [0.1, 0.15) is 18.2 Å². The van der Waals surface area contributed by atoms with Gasteiger partial charge in [0.15, 0.2) is 0 Å². The zero-order chi connectivity index (χ0) is 26.0. The molecule has 3 aromatic carbocycles. The molecule has 0 saturated heterocycles. The fourth-order valence-corrected chi connectivity index (χ4v) is 4.13. The van der Waals surface area contributed by atoms with E-state index in [-0.39, 0.29) is 6.61 Å². The number of benzene rings is 3. The van der Waals surface area contributed by atoms with Gasteiger partial charge >= 0.3 is 0 Å². The summed E-state index contributed by atoms with van der Waals surface area (Å²) in [6, 6.07) is 20.8. The van der Waals surface area contributed by atoms with Crippen molar-refractivity contribution < 1.29 is 23.7 Å². The predicted octanol–water partition coefficient (Wildman–Crippen LogP) is 6.51. The summed E-state index contributed by atoms with van der Waals surface area (Å²) in [5.41, 5.74) is 3.06. The van der Waals surface area contributed by atoms with Gasteiger partial charge in [-0.15, -0.1) is 0 Å². The summed E-state index contributed by atoms with van der Waals surface area (Å²) in [6.07, 6.45) is 0. The van der Waals surface area contributed by atoms with E-state index in [1.165, 1.54) is 0 Å². The lowest BCUT2D eigenvalue weighted by Crippen LogP contribution is -2.08. The van der Waals surface area contributed by atoms with E-state index in [9.17, 15) is 0 Å². The lowest BCUT2D eigenvalue weighted by molar-refractivity contribution is 0.133. The third-order valence-corrected chi connectivity index (χ3v) is 6.10. The summed E-state index contributed by atoms with van der Waals surface area (Å²) in [6.45, 7) is 4.14. The highest BCUT2D eigenvalue weighted by Gasteiger charge is 2.18. The number of fused-ring (bicyclic) bond motifs is 1. The first kappa shape index (κ1) is 26.3. The van der Waals surface area contributed by atoms with Crippen LogP contribution >= 0.6 is 11.6 Å². The molecule has 37 heavy (non-hydrogen) atoms. The summed E-state index contributed by atoms with van der Waals surface area (Å²) in [5, 5.41) is 1.70. The molecular formula is C30H30ClNO5. The van der Waals surface area contributed by atoms with Crippen molar-refractivity contribution in [3.05, 3.63) is 83.0 Å². The fourth-order valence-electron chi connectivity index (χ4n) is 3.96. The lowest BCUT2D eigenvalue weighted by Gasteiger charge is -2.12. The maximum absolute atomic E-state index is 6.37. The van der Waals surface area contributed by atoms with Gasteiger partial charge in [0.1, 0.15) is 36.2 Å². The summed E-state index contributed by atoms with van der Waals surface area (Å²) in [4.78, 5) is 0. The van der Waals surface area contributed by atoms with Gasteiger partial charge in [-0.2, -0.15) is 0 Å². The smallest absolute Gasteiger partial charge is 0.149 e. The molecule has 0 fully saturated rings. The molecule has 6 nitrogen and oxygen atoms in total. The van der Waals surface area contributed by atoms with E-state index >= 15 is 0 Å². The van der Waals surface area contributed by atoms with Crippen molar-refractivity contribution >= 4 is 22.5 Å². The number of hydrogen-bond acceptors (Lipinski definition) is 5. The van der Waals surface area contributed by atoms with Crippen LogP contribution in [0.5, 0.6) is 23.0 Å². The molecule has 0 amide bonds. The molecule has 0 unspecified atom stereocenters. The minimum absolute atomic E-state index is 0.279. The van der Waals surface area contributed by atoms with Crippen molar-refractivity contribution in [2.24, 2.45) is 0 Å². The van der Waals surface area contributed by atoms with Crippen LogP contribution in [0.25, 0.3) is 10.9 Å². The van der Waals surface area contributed by atoms with Gasteiger partial charge in [0.2, 0.25) is 0 Å². The Labute approximate surface area is 222 Å². The Morgan fingerprint density at radius 1 is 0.757 bits per heavy atom. The molecule has 7 heteroatoms. The number of halogens is 1. The van der Waals surface area contributed by atoms with Gasteiger partial charge in [-0.3, -0.25) is 0 Å². The van der Waals surface area contributed by atoms with E-state index in [0.717, 1.165) is 45.2 Å². The van der Waals surface area contributed by atoms with Gasteiger partial charge in [-0.1, -0.05) is 23.4 Å². The normalized spacial score (nSPS) is 10.6. The van der Waals surface area contributed by atoms with Crippen LogP contribution in [0, 0.1) is 11.8 Å². The molecular weight excluding hydrogens is 490 g/mol. The van der Waals surface area contributed by atoms with Crippen molar-refractivity contribution in [2.45, 2.75) is 26.7 Å². The standard InChI is InChI=1S/C30H30ClNO5/c1-4-35-20-28-27-19-22(31)7-16-29(27)32(30(28)21-37-26-14-10-24(34-3)11-15-26)17-5-6-18-36-25-12-8-23(33-2)9-13-25/h7-16,19H,4,17-18,20-21H2,1-3H3. The molecule has 0 bridgehead atoms. The fraction of sp³-hybridized carbons (Fsp3) is 0.267. The van der Waals surface area contributed by atoms with Crippen molar-refractivity contribution in [3.8, 4) is 34.8 Å². The number of hydrogen-bond donors (Lipinski definition) is 0. The highest BCUT2D eigenvalue weighted by molar-refractivity contribution is 6.31. The highest BCUT2D eigenvalue weighted by atomic mass is 35.5. The third-order valence-electron chi connectivity index (χ3n) is 5.87. The molecule has 1 aromatic heterocycles. The third kappa shape index (κ3) is 6.71. The maximum Gasteiger partial charge on any atom is 0.149 e. The van der Waals surface area contributed by atoms with Crippen molar-refractivity contribution in [3.63, 3.8) is 0 Å². The Bertz CT molecular complexity index is 1370. The molecule has 192 valence electrons. The van der Waals surface area contributed by atoms with Gasteiger partial charge in [0, 0.05) is 28.1 Å². The second-order valence-electron chi connectivity index (χ2n) is 8.09. The molecule has 0 aliphatic carbocycles. The van der Waals surface area contributed by atoms with E-state index < -0.39 is 0 Å². The van der Waals surface area contributed by atoms with E-state index in [4.69, 9.17) is 35.3 Å². The second kappa shape index (κ2) is 13.0. The van der Waals surface area contributed by atoms with E-state index in [1.54, 1.807) is 14.2 Å². The summed E-state index contributed by atoms with van der Waals surface area (Å²) in [7, 11) is 3.28. The van der Waals surface area contributed by atoms with Crippen molar-refractivity contribution in [1.29, 1.82) is 0 Å². The molecule has 0 atom stereocenters. The number of aromatic nitrogens is 1. The Hall–Kier alpha value is -3.79. The van der Waals surface area contributed by atoms with Crippen LogP contribution in [0.3, 0.4) is 0 Å². The number of methoxy groups -OCH3 is 2. The van der Waals surface area contributed by atoms with Crippen LogP contribution in [-0.2, 0) is 24.5 Å². The van der Waals surface area contributed by atoms with E-state index in [0.29, 0.717) is 31.4 Å². The molecule has 4 aromatic rings. The Morgan fingerprint density at radius 2 is 1.38 bits per heavy atom. The summed E-state index contributed by atoms with van der Waals surface area (Å²) < 4.78 is 30.3. The Kier molecular flexibility index (Phi) is 9.20. The largest absolute Gasteiger partial charge is 0.497 e. The molecule has 0 saturated carbocycles. The lowest BCUT2D eigenvalue weighted by atomic mass is 10.1. The van der Waals surface area contributed by atoms with Gasteiger partial charge < -0.3 is 28.3 Å². The topological polar surface area (TPSA) is 51.1 Å². The van der Waals surface area contributed by atoms with Crippen LogP contribution in [-0.4, -0.2) is 32.0 Å². The summed E-state index contributed by atoms with van der Waals surface area (Å²) in [5.74, 6) is 9.41. The van der Waals surface area contributed by atoms with Gasteiger partial charge in [-0.25, -0.2) is 0 Å². The molecule has 1 heterocycles. The minimum Gasteiger partial charge on any atom is -0.497 e. The number of rotatable bonds is 11. The zero-order valence-corrected chi connectivity index (χ0v) is 22.0. The van der Waals surface area contributed by atoms with Crippen LogP contribution < -0.4 is 18.9 Å². The minimum atomic E-state index is 0.279. The maximum atomic E-state index is 6.37. The van der Waals surface area contributed by atoms with Crippen LogP contribution in [0.4, 0.5) is 0 Å². The average molecular weight is 520 g/mol. The highest BCUT2D eigenvalue weighted by Crippen LogP contribution is 2.31. The SMILES string of the molecule is CCOCc1c(COc2ccc(OC)cc2)n(CC#CCOc2ccc(OC)cc2)c2ccc(Cl)cc12. The Morgan fingerprint density at radius 3 is 2.00 bits per heavy atom. The Balaban J connectivity index is 1.57. The number of ether oxygens (including phenoxy) is 5. The quantitative estimate of drug-likeness (QED) is 0.211. The number of nitrogens with zero attached hydrogens (tertiary/aromatic N) is 1. The van der Waals surface area contributed by atoms with Gasteiger partial charge in [0.05, 0.1) is 33.1 Å². The summed E-state index contributed by atoms with van der Waals surface area (Å²) >= 11 is 6.37. The average Bonchev–Trinajstić information content (AvgIpc) is 3.22. The molecule has 0 aliphatic rings. The van der Waals surface area contributed by atoms with Crippen molar-refractivity contribution in [2.75, 3.05) is 27.4 Å². The first-order chi connectivity index (χ1) is 18.1. The van der Waals surface area contributed by atoms with Crippen LogP contribution in [0.2, 0.25) is 5.02 Å². The van der Waals surface area contributed by atoms with E-state index in [1.807, 2.05) is 73.7 Å². The first-order valence-electron chi connectivity index (χ1n) is 12.0. The van der Waals surface area contributed by atoms with Gasteiger partial charge in [0.25, 0.3) is 0 Å². The first-order valence-corrected chi connectivity index (χ1v) is 12.4. The zero-order valence-electron chi connectivity index (χ0n) is 21.3. The van der Waals surface area contributed by atoms with E-state index in [2.05, 4.69) is 16.4 Å². The monoisotopic (exact) mass is 519 g/mol. The van der Waals surface area contributed by atoms with Crippen LogP contribution in [0.15, 0.2) is 66.7 Å². The van der Waals surface area contributed by atoms with Gasteiger partial charge in [-0.05, 0) is 73.7 Å². The second-order valence-corrected chi connectivity index (χ2v) is 8.53. The molecule has 4 rings (SSSR count). The molecule has 0 radical (unpaired) electrons. The molecule has 0 aliphatic heterocycles. The molecule has 0 N–H and O–H groups in total. The van der Waals surface area contributed by atoms with Crippen molar-refractivity contribution in [1.82, 2.24) is 4.57 Å². The predicted molar refractivity (Wildman–Crippen MR) is 146 cm³/mol.